The molecule has 0 aromatic heterocycles. The molecule has 0 aliphatic heterocycles. The monoisotopic (exact) mass is 344 g/mol. The predicted molar refractivity (Wildman–Crippen MR) is 80.4 cm³/mol. The van der Waals surface area contributed by atoms with Gasteiger partial charge in [-0.05, 0) is 29.8 Å². The normalized spacial score (nSPS) is 11.0. The first kappa shape index (κ1) is 17.0. The van der Waals surface area contributed by atoms with Crippen LogP contribution in [0.25, 0.3) is 0 Å². The summed E-state index contributed by atoms with van der Waals surface area (Å²) in [6.45, 7) is 0.175. The van der Waals surface area contributed by atoms with E-state index in [0.717, 1.165) is 11.6 Å². The molecule has 8 heteroatoms. The average Bonchev–Trinajstić information content (AvgIpc) is 2.46. The van der Waals surface area contributed by atoms with Crippen LogP contribution in [0.2, 0.25) is 5.02 Å². The maximum atomic E-state index is 12.3. The summed E-state index contributed by atoms with van der Waals surface area (Å²) in [6, 6.07) is 11.4. The van der Waals surface area contributed by atoms with Crippen LogP contribution in [0.1, 0.15) is 5.56 Å². The zero-order valence-corrected chi connectivity index (χ0v) is 12.4. The molecule has 0 aliphatic carbocycles. The Kier molecular flexibility index (Phi) is 5.33. The standard InChI is InChI=1S/C15H12ClF3N2O2/c16-11-5-3-4-10(8-11)9-20-14(22)21-12-6-1-2-7-13(12)23-15(17,18)19/h1-8H,9H2,(H2,20,21,22). The third-order valence-electron chi connectivity index (χ3n) is 2.70. The Morgan fingerprint density at radius 1 is 1.13 bits per heavy atom. The number of anilines is 1. The van der Waals surface area contributed by atoms with Gasteiger partial charge in [-0.3, -0.25) is 0 Å². The van der Waals surface area contributed by atoms with Crippen LogP contribution < -0.4 is 15.4 Å². The van der Waals surface area contributed by atoms with Crippen molar-refractivity contribution in [3.63, 3.8) is 0 Å². The number of para-hydroxylation sites is 2. The lowest BCUT2D eigenvalue weighted by molar-refractivity contribution is -0.274. The maximum Gasteiger partial charge on any atom is 0.573 e. The largest absolute Gasteiger partial charge is 0.573 e. The molecule has 4 nitrogen and oxygen atoms in total. The molecule has 2 amide bonds. The van der Waals surface area contributed by atoms with Gasteiger partial charge in [0.1, 0.15) is 0 Å². The number of alkyl halides is 3. The van der Waals surface area contributed by atoms with Gasteiger partial charge in [-0.1, -0.05) is 35.9 Å². The van der Waals surface area contributed by atoms with Crippen LogP contribution in [0.15, 0.2) is 48.5 Å². The van der Waals surface area contributed by atoms with Crippen molar-refractivity contribution in [3.8, 4) is 5.75 Å². The SMILES string of the molecule is O=C(NCc1cccc(Cl)c1)Nc1ccccc1OC(F)(F)F. The number of carbonyl (C=O) groups excluding carboxylic acids is 1. The van der Waals surface area contributed by atoms with E-state index in [9.17, 15) is 18.0 Å². The molecule has 2 rings (SSSR count). The molecular formula is C15H12ClF3N2O2. The van der Waals surface area contributed by atoms with Crippen LogP contribution in [-0.4, -0.2) is 12.4 Å². The third kappa shape index (κ3) is 5.71. The minimum absolute atomic E-state index is 0.0894. The molecule has 122 valence electrons. The smallest absolute Gasteiger partial charge is 0.404 e. The summed E-state index contributed by atoms with van der Waals surface area (Å²) in [5.74, 6) is -0.488. The van der Waals surface area contributed by atoms with Crippen molar-refractivity contribution in [1.29, 1.82) is 0 Å². The number of hydrogen-bond acceptors (Lipinski definition) is 2. The molecule has 2 aromatic rings. The van der Waals surface area contributed by atoms with E-state index in [1.165, 1.54) is 18.2 Å². The van der Waals surface area contributed by atoms with Crippen molar-refractivity contribution in [2.45, 2.75) is 12.9 Å². The Labute approximate surface area is 135 Å². The first-order chi connectivity index (χ1) is 10.8. The summed E-state index contributed by atoms with van der Waals surface area (Å²) >= 11 is 5.82. The Hall–Kier alpha value is -2.41. The molecule has 0 bridgehead atoms. The molecular weight excluding hydrogens is 333 g/mol. The third-order valence-corrected chi connectivity index (χ3v) is 2.94. The molecule has 0 unspecified atom stereocenters. The number of ether oxygens (including phenoxy) is 1. The van der Waals surface area contributed by atoms with E-state index in [2.05, 4.69) is 15.4 Å². The van der Waals surface area contributed by atoms with Gasteiger partial charge in [0.15, 0.2) is 5.75 Å². The molecule has 23 heavy (non-hydrogen) atoms. The Morgan fingerprint density at radius 2 is 1.87 bits per heavy atom. The van der Waals surface area contributed by atoms with Gasteiger partial charge in [0, 0.05) is 11.6 Å². The van der Waals surface area contributed by atoms with Crippen LogP contribution >= 0.6 is 11.6 Å². The van der Waals surface area contributed by atoms with E-state index in [4.69, 9.17) is 11.6 Å². The average molecular weight is 345 g/mol. The molecule has 0 radical (unpaired) electrons. The molecule has 0 heterocycles. The molecule has 2 N–H and O–H groups in total. The number of nitrogens with one attached hydrogen (secondary N) is 2. The summed E-state index contributed by atoms with van der Waals surface area (Å²) in [7, 11) is 0. The van der Waals surface area contributed by atoms with Gasteiger partial charge in [-0.25, -0.2) is 4.79 Å². The highest BCUT2D eigenvalue weighted by Crippen LogP contribution is 2.29. The Morgan fingerprint density at radius 3 is 2.57 bits per heavy atom. The number of amides is 2. The highest BCUT2D eigenvalue weighted by Gasteiger charge is 2.32. The zero-order valence-electron chi connectivity index (χ0n) is 11.7. The minimum Gasteiger partial charge on any atom is -0.404 e. The molecule has 0 aliphatic rings. The molecule has 0 saturated heterocycles. The highest BCUT2D eigenvalue weighted by atomic mass is 35.5. The van der Waals surface area contributed by atoms with Gasteiger partial charge in [-0.2, -0.15) is 0 Å². The minimum atomic E-state index is -4.84. The van der Waals surface area contributed by atoms with E-state index < -0.39 is 18.1 Å². The fourth-order valence-corrected chi connectivity index (χ4v) is 1.99. The first-order valence-electron chi connectivity index (χ1n) is 6.47. The molecule has 0 spiro atoms. The van der Waals surface area contributed by atoms with Crippen LogP contribution in [0.4, 0.5) is 23.7 Å². The zero-order chi connectivity index (χ0) is 16.9. The van der Waals surface area contributed by atoms with E-state index in [1.54, 1.807) is 24.3 Å². The van der Waals surface area contributed by atoms with Crippen molar-refractivity contribution in [3.05, 3.63) is 59.1 Å². The van der Waals surface area contributed by atoms with Gasteiger partial charge >= 0.3 is 12.4 Å². The number of rotatable bonds is 4. The van der Waals surface area contributed by atoms with Gasteiger partial charge < -0.3 is 15.4 Å². The van der Waals surface area contributed by atoms with Crippen LogP contribution in [0.3, 0.4) is 0 Å². The van der Waals surface area contributed by atoms with Gasteiger partial charge in [0.25, 0.3) is 0 Å². The van der Waals surface area contributed by atoms with Crippen LogP contribution in [0.5, 0.6) is 5.75 Å². The summed E-state index contributed by atoms with van der Waals surface area (Å²) in [4.78, 5) is 11.8. The number of urea groups is 1. The van der Waals surface area contributed by atoms with Gasteiger partial charge in [0.05, 0.1) is 5.69 Å². The van der Waals surface area contributed by atoms with Gasteiger partial charge in [0.2, 0.25) is 0 Å². The number of benzene rings is 2. The lowest BCUT2D eigenvalue weighted by Gasteiger charge is -2.14. The summed E-state index contributed by atoms with van der Waals surface area (Å²) in [5.41, 5.74) is 0.667. The van der Waals surface area contributed by atoms with Crippen molar-refractivity contribution >= 4 is 23.3 Å². The Balaban J connectivity index is 1.98. The van der Waals surface area contributed by atoms with Crippen molar-refractivity contribution < 1.29 is 22.7 Å². The second-order valence-electron chi connectivity index (χ2n) is 4.48. The second kappa shape index (κ2) is 7.23. The van der Waals surface area contributed by atoms with E-state index >= 15 is 0 Å². The molecule has 0 atom stereocenters. The van der Waals surface area contributed by atoms with Crippen molar-refractivity contribution in [2.24, 2.45) is 0 Å². The first-order valence-corrected chi connectivity index (χ1v) is 6.85. The summed E-state index contributed by atoms with van der Waals surface area (Å²) in [6.07, 6.45) is -4.84. The van der Waals surface area contributed by atoms with E-state index in [0.29, 0.717) is 5.02 Å². The second-order valence-corrected chi connectivity index (χ2v) is 4.92. The summed E-state index contributed by atoms with van der Waals surface area (Å²) < 4.78 is 40.8. The number of hydrogen-bond donors (Lipinski definition) is 2. The van der Waals surface area contributed by atoms with Gasteiger partial charge in [-0.15, -0.1) is 13.2 Å². The van der Waals surface area contributed by atoms with E-state index in [1.807, 2.05) is 0 Å². The van der Waals surface area contributed by atoms with Crippen LogP contribution in [0, 0.1) is 0 Å². The quantitative estimate of drug-likeness (QED) is 0.854. The highest BCUT2D eigenvalue weighted by molar-refractivity contribution is 6.30. The fraction of sp³-hybridized carbons (Fsp3) is 0.133. The lowest BCUT2D eigenvalue weighted by Crippen LogP contribution is -2.28. The van der Waals surface area contributed by atoms with Crippen molar-refractivity contribution in [2.75, 3.05) is 5.32 Å². The fourth-order valence-electron chi connectivity index (χ4n) is 1.78. The van der Waals surface area contributed by atoms with Crippen molar-refractivity contribution in [1.82, 2.24) is 5.32 Å². The number of halogens is 4. The topological polar surface area (TPSA) is 50.4 Å². The van der Waals surface area contributed by atoms with Crippen LogP contribution in [-0.2, 0) is 6.54 Å². The van der Waals surface area contributed by atoms with E-state index in [-0.39, 0.29) is 12.2 Å². The maximum absolute atomic E-state index is 12.3. The predicted octanol–water partition coefficient (Wildman–Crippen LogP) is 4.56. The molecule has 0 fully saturated rings. The summed E-state index contributed by atoms with van der Waals surface area (Å²) in [5, 5.41) is 5.35. The molecule has 0 saturated carbocycles. The number of carbonyl (C=O) groups is 1. The lowest BCUT2D eigenvalue weighted by atomic mass is 10.2. The molecule has 2 aromatic carbocycles. The Bertz CT molecular complexity index is 692.